The monoisotopic (exact) mass is 312 g/mol. The lowest BCUT2D eigenvalue weighted by Gasteiger charge is -2.22. The molecule has 0 spiro atoms. The molecule has 7 heteroatoms. The maximum atomic E-state index is 12.0. The van der Waals surface area contributed by atoms with Crippen LogP contribution in [0.2, 0.25) is 0 Å². The number of carbonyl (C=O) groups is 2. The zero-order chi connectivity index (χ0) is 14.6. The van der Waals surface area contributed by atoms with E-state index in [4.69, 9.17) is 11.5 Å². The van der Waals surface area contributed by atoms with Crippen molar-refractivity contribution in [2.45, 2.75) is 37.8 Å². The molecule has 1 saturated carbocycles. The first-order valence-corrected chi connectivity index (χ1v) is 6.72. The number of rotatable bonds is 4. The Kier molecular flexibility index (Phi) is 5.99. The Morgan fingerprint density at radius 1 is 1.14 bits per heavy atom. The molecule has 6 nitrogen and oxygen atoms in total. The van der Waals surface area contributed by atoms with Crippen LogP contribution in [0, 0.1) is 0 Å². The van der Waals surface area contributed by atoms with Crippen LogP contribution in [0.3, 0.4) is 0 Å². The minimum absolute atomic E-state index is 0. The molecule has 0 heterocycles. The standard InChI is InChI=1S/C14H20N4O2.ClH/c15-13(20)18-11-5-3-10(4-6-11)9-17-12(19)14(16)7-1-2-8-14;/h3-6H,1-2,7-9,16H2,(H,17,19)(H3,15,18,20);1H. The van der Waals surface area contributed by atoms with Gasteiger partial charge in [-0.05, 0) is 30.5 Å². The third-order valence-electron chi connectivity index (χ3n) is 3.62. The van der Waals surface area contributed by atoms with Gasteiger partial charge >= 0.3 is 6.03 Å². The van der Waals surface area contributed by atoms with E-state index < -0.39 is 11.6 Å². The predicted molar refractivity (Wildman–Crippen MR) is 84.1 cm³/mol. The van der Waals surface area contributed by atoms with E-state index in [0.29, 0.717) is 12.2 Å². The van der Waals surface area contributed by atoms with Crippen molar-refractivity contribution >= 4 is 30.0 Å². The molecule has 3 amide bonds. The van der Waals surface area contributed by atoms with Gasteiger partial charge in [-0.2, -0.15) is 0 Å². The lowest BCUT2D eigenvalue weighted by molar-refractivity contribution is -0.126. The van der Waals surface area contributed by atoms with Gasteiger partial charge in [0.25, 0.3) is 0 Å². The number of amides is 3. The molecule has 116 valence electrons. The van der Waals surface area contributed by atoms with Crippen LogP contribution in [-0.2, 0) is 11.3 Å². The summed E-state index contributed by atoms with van der Waals surface area (Å²) in [5.74, 6) is -0.0886. The molecule has 0 bridgehead atoms. The average molecular weight is 313 g/mol. The number of anilines is 1. The highest BCUT2D eigenvalue weighted by Crippen LogP contribution is 2.27. The van der Waals surface area contributed by atoms with Crippen molar-refractivity contribution in [1.29, 1.82) is 0 Å². The van der Waals surface area contributed by atoms with Crippen LogP contribution in [0.5, 0.6) is 0 Å². The quantitative estimate of drug-likeness (QED) is 0.676. The van der Waals surface area contributed by atoms with Crippen LogP contribution < -0.4 is 22.1 Å². The van der Waals surface area contributed by atoms with E-state index in [1.165, 1.54) is 0 Å². The van der Waals surface area contributed by atoms with Crippen molar-refractivity contribution in [2.24, 2.45) is 11.5 Å². The maximum absolute atomic E-state index is 12.0. The topological polar surface area (TPSA) is 110 Å². The largest absolute Gasteiger partial charge is 0.351 e. The highest BCUT2D eigenvalue weighted by molar-refractivity contribution is 5.88. The Hall–Kier alpha value is -1.79. The van der Waals surface area contributed by atoms with Crippen LogP contribution in [0.4, 0.5) is 10.5 Å². The summed E-state index contributed by atoms with van der Waals surface area (Å²) in [7, 11) is 0. The van der Waals surface area contributed by atoms with Gasteiger partial charge in [0.2, 0.25) is 5.91 Å². The second-order valence-electron chi connectivity index (χ2n) is 5.23. The lowest BCUT2D eigenvalue weighted by atomic mass is 9.98. The van der Waals surface area contributed by atoms with E-state index in [1.807, 2.05) is 12.1 Å². The highest BCUT2D eigenvalue weighted by Gasteiger charge is 2.36. The van der Waals surface area contributed by atoms with Crippen LogP contribution in [0.1, 0.15) is 31.2 Å². The second-order valence-corrected chi connectivity index (χ2v) is 5.23. The van der Waals surface area contributed by atoms with Crippen LogP contribution in [0.15, 0.2) is 24.3 Å². The molecule has 0 aliphatic heterocycles. The number of urea groups is 1. The summed E-state index contributed by atoms with van der Waals surface area (Å²) < 4.78 is 0. The van der Waals surface area contributed by atoms with E-state index in [-0.39, 0.29) is 18.3 Å². The summed E-state index contributed by atoms with van der Waals surface area (Å²) in [6.07, 6.45) is 3.52. The minimum Gasteiger partial charge on any atom is -0.351 e. The number of hydrogen-bond acceptors (Lipinski definition) is 3. The maximum Gasteiger partial charge on any atom is 0.316 e. The number of hydrogen-bond donors (Lipinski definition) is 4. The summed E-state index contributed by atoms with van der Waals surface area (Å²) in [5, 5.41) is 5.34. The highest BCUT2D eigenvalue weighted by atomic mass is 35.5. The predicted octanol–water partition coefficient (Wildman–Crippen LogP) is 1.49. The summed E-state index contributed by atoms with van der Waals surface area (Å²) >= 11 is 0. The van der Waals surface area contributed by atoms with Crippen molar-refractivity contribution in [3.63, 3.8) is 0 Å². The molecule has 1 aromatic rings. The zero-order valence-electron chi connectivity index (χ0n) is 11.7. The van der Waals surface area contributed by atoms with Gasteiger partial charge in [-0.1, -0.05) is 25.0 Å². The van der Waals surface area contributed by atoms with Gasteiger partial charge in [-0.15, -0.1) is 12.4 Å². The fourth-order valence-corrected chi connectivity index (χ4v) is 2.44. The first kappa shape index (κ1) is 17.3. The molecule has 2 rings (SSSR count). The van der Waals surface area contributed by atoms with E-state index in [0.717, 1.165) is 31.2 Å². The lowest BCUT2D eigenvalue weighted by Crippen LogP contribution is -2.51. The molecule has 0 atom stereocenters. The Bertz CT molecular complexity index is 498. The average Bonchev–Trinajstić information content (AvgIpc) is 2.85. The summed E-state index contributed by atoms with van der Waals surface area (Å²) in [6, 6.07) is 6.52. The minimum atomic E-state index is -0.701. The first-order valence-electron chi connectivity index (χ1n) is 6.72. The van der Waals surface area contributed by atoms with Crippen molar-refractivity contribution in [3.05, 3.63) is 29.8 Å². The smallest absolute Gasteiger partial charge is 0.316 e. The number of halogens is 1. The number of carbonyl (C=O) groups excluding carboxylic acids is 2. The molecule has 0 unspecified atom stereocenters. The van der Waals surface area contributed by atoms with Crippen molar-refractivity contribution in [3.8, 4) is 0 Å². The molecular weight excluding hydrogens is 292 g/mol. The Morgan fingerprint density at radius 2 is 1.71 bits per heavy atom. The third-order valence-corrected chi connectivity index (χ3v) is 3.62. The molecule has 0 saturated heterocycles. The summed E-state index contributed by atoms with van der Waals surface area (Å²) in [4.78, 5) is 22.7. The van der Waals surface area contributed by atoms with Gasteiger partial charge in [-0.25, -0.2) is 4.79 Å². The molecule has 6 N–H and O–H groups in total. The molecule has 0 aromatic heterocycles. The van der Waals surface area contributed by atoms with Crippen LogP contribution in [0.25, 0.3) is 0 Å². The first-order chi connectivity index (χ1) is 9.49. The van der Waals surface area contributed by atoms with Crippen LogP contribution in [-0.4, -0.2) is 17.5 Å². The molecule has 0 radical (unpaired) electrons. The Morgan fingerprint density at radius 3 is 2.24 bits per heavy atom. The van der Waals surface area contributed by atoms with E-state index >= 15 is 0 Å². The SMILES string of the molecule is Cl.NC(=O)Nc1ccc(CNC(=O)C2(N)CCCC2)cc1. The van der Waals surface area contributed by atoms with Crippen molar-refractivity contribution in [2.75, 3.05) is 5.32 Å². The van der Waals surface area contributed by atoms with Gasteiger partial charge in [0.05, 0.1) is 5.54 Å². The van der Waals surface area contributed by atoms with Gasteiger partial charge in [0, 0.05) is 12.2 Å². The third kappa shape index (κ3) is 4.61. The number of benzene rings is 1. The Balaban J connectivity index is 0.00000220. The van der Waals surface area contributed by atoms with Crippen LogP contribution >= 0.6 is 12.4 Å². The zero-order valence-corrected chi connectivity index (χ0v) is 12.5. The molecule has 1 aliphatic carbocycles. The number of primary amides is 1. The van der Waals surface area contributed by atoms with E-state index in [9.17, 15) is 9.59 Å². The molecule has 21 heavy (non-hydrogen) atoms. The summed E-state index contributed by atoms with van der Waals surface area (Å²) in [6.45, 7) is 0.425. The Labute approximate surface area is 130 Å². The molecule has 1 aromatic carbocycles. The van der Waals surface area contributed by atoms with E-state index in [2.05, 4.69) is 10.6 Å². The number of nitrogens with two attached hydrogens (primary N) is 2. The van der Waals surface area contributed by atoms with E-state index in [1.54, 1.807) is 12.1 Å². The van der Waals surface area contributed by atoms with Gasteiger partial charge < -0.3 is 22.1 Å². The molecule has 1 aliphatic rings. The van der Waals surface area contributed by atoms with Gasteiger partial charge in [-0.3, -0.25) is 4.79 Å². The van der Waals surface area contributed by atoms with Gasteiger partial charge in [0.1, 0.15) is 0 Å². The molecule has 1 fully saturated rings. The summed E-state index contributed by atoms with van der Waals surface area (Å²) in [5.41, 5.74) is 12.0. The van der Waals surface area contributed by atoms with Crippen molar-refractivity contribution < 1.29 is 9.59 Å². The van der Waals surface area contributed by atoms with Gasteiger partial charge in [0.15, 0.2) is 0 Å². The fraction of sp³-hybridized carbons (Fsp3) is 0.429. The fourth-order valence-electron chi connectivity index (χ4n) is 2.44. The molecular formula is C14H21ClN4O2. The number of nitrogens with one attached hydrogen (secondary N) is 2. The second kappa shape index (κ2) is 7.28. The van der Waals surface area contributed by atoms with Crippen molar-refractivity contribution in [1.82, 2.24) is 5.32 Å². The normalized spacial score (nSPS) is 15.9.